The Morgan fingerprint density at radius 1 is 1.23 bits per heavy atom. The second-order valence-corrected chi connectivity index (χ2v) is 9.82. The minimum atomic E-state index is -0.672. The number of aromatic amines is 1. The molecule has 2 aromatic rings. The topological polar surface area (TPSA) is 99.4 Å². The van der Waals surface area contributed by atoms with E-state index in [9.17, 15) is 14.7 Å². The number of carbonyl (C=O) groups is 1. The standard InChI is InChI=1S/C24H27N3O3/c25-22(29)17-7-15-8-19-21-9-14-3-4-16(28)10-18(14)24(19,11-20(15)26-23(17)30)5-6-27(21)12-13-1-2-13/h3-4,7,10,13,19,21,28H,1-2,5-6,8-9,11-12H2,(H2,25,29)(H,26,30)/t19-,21+,24?/m0/s1. The molecule has 6 heteroatoms. The van der Waals surface area contributed by atoms with Crippen LogP contribution in [-0.2, 0) is 24.7 Å². The van der Waals surface area contributed by atoms with Gasteiger partial charge in [-0.15, -0.1) is 0 Å². The number of rotatable bonds is 3. The van der Waals surface area contributed by atoms with Gasteiger partial charge in [0.25, 0.3) is 11.5 Å². The van der Waals surface area contributed by atoms with Crippen molar-refractivity contribution in [3.05, 3.63) is 62.6 Å². The van der Waals surface area contributed by atoms with E-state index in [1.165, 1.54) is 30.5 Å². The molecule has 1 aliphatic heterocycles. The van der Waals surface area contributed by atoms with Crippen molar-refractivity contribution in [2.24, 2.45) is 17.6 Å². The molecular weight excluding hydrogens is 378 g/mol. The van der Waals surface area contributed by atoms with Crippen molar-refractivity contribution < 1.29 is 9.90 Å². The normalized spacial score (nSPS) is 29.6. The van der Waals surface area contributed by atoms with Crippen LogP contribution in [0.25, 0.3) is 0 Å². The van der Waals surface area contributed by atoms with Crippen molar-refractivity contribution in [2.45, 2.75) is 50.0 Å². The van der Waals surface area contributed by atoms with E-state index in [1.54, 1.807) is 12.1 Å². The molecule has 3 aliphatic carbocycles. The Morgan fingerprint density at radius 2 is 2.07 bits per heavy atom. The van der Waals surface area contributed by atoms with Crippen molar-refractivity contribution in [3.63, 3.8) is 0 Å². The molecule has 6 nitrogen and oxygen atoms in total. The number of hydrogen-bond donors (Lipinski definition) is 3. The third-order valence-electron chi connectivity index (χ3n) is 8.15. The van der Waals surface area contributed by atoms with Crippen LogP contribution in [0, 0.1) is 11.8 Å². The number of nitrogens with zero attached hydrogens (tertiary/aromatic N) is 1. The first-order valence-electron chi connectivity index (χ1n) is 11.1. The van der Waals surface area contributed by atoms with Gasteiger partial charge < -0.3 is 15.8 Å². The fraction of sp³-hybridized carbons (Fsp3) is 0.500. The van der Waals surface area contributed by atoms with Gasteiger partial charge in [-0.25, -0.2) is 0 Å². The van der Waals surface area contributed by atoms with E-state index in [0.717, 1.165) is 49.4 Å². The highest BCUT2D eigenvalue weighted by Gasteiger charge is 2.55. The molecule has 0 spiro atoms. The number of pyridine rings is 1. The Balaban J connectivity index is 1.50. The number of fused-ring (bicyclic) bond motifs is 2. The molecule has 1 aromatic heterocycles. The molecule has 2 heterocycles. The van der Waals surface area contributed by atoms with E-state index in [-0.39, 0.29) is 11.0 Å². The van der Waals surface area contributed by atoms with E-state index in [1.807, 2.05) is 6.07 Å². The van der Waals surface area contributed by atoms with Crippen LogP contribution < -0.4 is 11.3 Å². The monoisotopic (exact) mass is 405 g/mol. The van der Waals surface area contributed by atoms with Crippen LogP contribution in [-0.4, -0.2) is 40.0 Å². The third kappa shape index (κ3) is 2.59. The number of likely N-dealkylation sites (tertiary alicyclic amines) is 1. The smallest absolute Gasteiger partial charge is 0.261 e. The number of nitrogens with one attached hydrogen (secondary N) is 1. The van der Waals surface area contributed by atoms with Gasteiger partial charge >= 0.3 is 0 Å². The number of carbonyl (C=O) groups excluding carboxylic acids is 1. The number of nitrogens with two attached hydrogens (primary N) is 1. The number of aromatic nitrogens is 1. The summed E-state index contributed by atoms with van der Waals surface area (Å²) in [6, 6.07) is 8.02. The van der Waals surface area contributed by atoms with Gasteiger partial charge in [0.2, 0.25) is 0 Å². The highest BCUT2D eigenvalue weighted by atomic mass is 16.3. The second kappa shape index (κ2) is 6.20. The molecule has 1 saturated heterocycles. The summed E-state index contributed by atoms with van der Waals surface area (Å²) >= 11 is 0. The molecule has 3 atom stereocenters. The quantitative estimate of drug-likeness (QED) is 0.726. The first-order valence-corrected chi connectivity index (χ1v) is 11.1. The van der Waals surface area contributed by atoms with E-state index >= 15 is 0 Å². The van der Waals surface area contributed by atoms with Crippen LogP contribution in [0.1, 0.15) is 52.0 Å². The predicted octanol–water partition coefficient (Wildman–Crippen LogP) is 1.87. The third-order valence-corrected chi connectivity index (χ3v) is 8.15. The number of piperidine rings is 1. The predicted molar refractivity (Wildman–Crippen MR) is 113 cm³/mol. The minimum absolute atomic E-state index is 0.0542. The first kappa shape index (κ1) is 18.2. The number of phenols is 1. The Morgan fingerprint density at radius 3 is 2.83 bits per heavy atom. The van der Waals surface area contributed by atoms with Gasteiger partial charge in [0.15, 0.2) is 0 Å². The van der Waals surface area contributed by atoms with Gasteiger partial charge in [0.05, 0.1) is 0 Å². The molecule has 6 rings (SSSR count). The first-order chi connectivity index (χ1) is 14.4. The number of aromatic hydroxyl groups is 1. The average Bonchev–Trinajstić information content (AvgIpc) is 3.52. The van der Waals surface area contributed by atoms with Gasteiger partial charge in [-0.2, -0.15) is 0 Å². The summed E-state index contributed by atoms with van der Waals surface area (Å²) in [5, 5.41) is 10.3. The molecule has 30 heavy (non-hydrogen) atoms. The zero-order valence-corrected chi connectivity index (χ0v) is 17.0. The number of primary amides is 1. The lowest BCUT2D eigenvalue weighted by Crippen LogP contribution is -2.63. The fourth-order valence-corrected chi connectivity index (χ4v) is 6.55. The van der Waals surface area contributed by atoms with E-state index in [2.05, 4.69) is 16.0 Å². The molecule has 4 aliphatic rings. The van der Waals surface area contributed by atoms with Gasteiger partial charge in [0.1, 0.15) is 11.3 Å². The molecule has 156 valence electrons. The molecule has 0 radical (unpaired) electrons. The Kier molecular flexibility index (Phi) is 3.76. The molecule has 2 bridgehead atoms. The maximum absolute atomic E-state index is 12.4. The van der Waals surface area contributed by atoms with E-state index in [0.29, 0.717) is 17.7 Å². The van der Waals surface area contributed by atoms with E-state index < -0.39 is 11.5 Å². The second-order valence-electron chi connectivity index (χ2n) is 9.82. The van der Waals surface area contributed by atoms with Crippen LogP contribution >= 0.6 is 0 Å². The lowest BCUT2D eigenvalue weighted by atomic mass is 9.52. The molecule has 1 amide bonds. The highest BCUT2D eigenvalue weighted by molar-refractivity contribution is 5.92. The number of amides is 1. The van der Waals surface area contributed by atoms with Crippen LogP contribution in [0.2, 0.25) is 0 Å². The SMILES string of the molecule is NC(=O)c1cc2c([nH]c1=O)CC13CCN(CC4CC4)[C@H](Cc4ccc(O)cc41)[C@@H]3C2. The van der Waals surface area contributed by atoms with Crippen LogP contribution in [0.5, 0.6) is 5.75 Å². The van der Waals surface area contributed by atoms with Crippen molar-refractivity contribution in [3.8, 4) is 5.75 Å². The van der Waals surface area contributed by atoms with Crippen LogP contribution in [0.4, 0.5) is 0 Å². The van der Waals surface area contributed by atoms with Crippen molar-refractivity contribution in [1.29, 1.82) is 0 Å². The van der Waals surface area contributed by atoms with Crippen molar-refractivity contribution >= 4 is 5.91 Å². The summed E-state index contributed by atoms with van der Waals surface area (Å²) < 4.78 is 0. The lowest BCUT2D eigenvalue weighted by molar-refractivity contribution is 0.00459. The van der Waals surface area contributed by atoms with E-state index in [4.69, 9.17) is 5.73 Å². The Bertz CT molecular complexity index is 1120. The molecule has 1 unspecified atom stereocenters. The van der Waals surface area contributed by atoms with Crippen molar-refractivity contribution in [2.75, 3.05) is 13.1 Å². The summed E-state index contributed by atoms with van der Waals surface area (Å²) in [7, 11) is 0. The largest absolute Gasteiger partial charge is 0.508 e. The van der Waals surface area contributed by atoms with Gasteiger partial charge in [-0.1, -0.05) is 6.07 Å². The maximum atomic E-state index is 12.4. The Hall–Kier alpha value is -2.60. The number of phenolic OH excluding ortho intramolecular Hbond substituents is 1. The number of benzene rings is 1. The lowest BCUT2D eigenvalue weighted by Gasteiger charge is -2.59. The maximum Gasteiger partial charge on any atom is 0.261 e. The summed E-state index contributed by atoms with van der Waals surface area (Å²) in [4.78, 5) is 29.8. The fourth-order valence-electron chi connectivity index (χ4n) is 6.55. The summed E-state index contributed by atoms with van der Waals surface area (Å²) in [5.41, 5.74) is 9.56. The van der Waals surface area contributed by atoms with Gasteiger partial charge in [-0.3, -0.25) is 14.5 Å². The van der Waals surface area contributed by atoms with Crippen LogP contribution in [0.15, 0.2) is 29.1 Å². The highest BCUT2D eigenvalue weighted by Crippen LogP contribution is 2.55. The summed E-state index contributed by atoms with van der Waals surface area (Å²) in [6.07, 6.45) is 6.27. The molecule has 1 saturated carbocycles. The van der Waals surface area contributed by atoms with Crippen LogP contribution in [0.3, 0.4) is 0 Å². The van der Waals surface area contributed by atoms with Crippen molar-refractivity contribution in [1.82, 2.24) is 9.88 Å². The van der Waals surface area contributed by atoms with Gasteiger partial charge in [-0.05, 0) is 91.8 Å². The molecule has 2 fully saturated rings. The van der Waals surface area contributed by atoms with Gasteiger partial charge in [0, 0.05) is 23.7 Å². The zero-order chi connectivity index (χ0) is 20.6. The molecular formula is C24H27N3O3. The average molecular weight is 405 g/mol. The zero-order valence-electron chi connectivity index (χ0n) is 17.0. The molecule has 1 aromatic carbocycles. The number of hydrogen-bond acceptors (Lipinski definition) is 4. The minimum Gasteiger partial charge on any atom is -0.508 e. The Labute approximate surface area is 175 Å². The summed E-state index contributed by atoms with van der Waals surface area (Å²) in [6.45, 7) is 2.24. The molecule has 4 N–H and O–H groups in total. The summed E-state index contributed by atoms with van der Waals surface area (Å²) in [5.74, 6) is 0.878. The number of H-pyrrole nitrogens is 1.